The lowest BCUT2D eigenvalue weighted by Crippen LogP contribution is -3.12. The topological polar surface area (TPSA) is 42.2 Å². The van der Waals surface area contributed by atoms with Crippen molar-refractivity contribution in [1.82, 2.24) is 9.97 Å². The minimum atomic E-state index is 0.915. The molecule has 0 atom stereocenters. The van der Waals surface area contributed by atoms with Gasteiger partial charge < -0.3 is 10.2 Å². The first kappa shape index (κ1) is 14.2. The number of nitrogens with zero attached hydrogens (tertiary/aromatic N) is 2. The van der Waals surface area contributed by atoms with E-state index in [4.69, 9.17) is 0 Å². The molecule has 0 aliphatic heterocycles. The van der Waals surface area contributed by atoms with Gasteiger partial charge in [0, 0.05) is 9.86 Å². The average molecular weight is 324 g/mol. The third-order valence-electron chi connectivity index (χ3n) is 3.37. The first-order chi connectivity index (χ1) is 9.24. The van der Waals surface area contributed by atoms with Crippen molar-refractivity contribution >= 4 is 32.7 Å². The van der Waals surface area contributed by atoms with Crippen molar-refractivity contribution in [3.63, 3.8) is 0 Å². The Balaban J connectivity index is 2.10. The number of hydrogen-bond donors (Lipinski definition) is 2. The fourth-order valence-electron chi connectivity index (χ4n) is 2.13. The molecule has 0 saturated heterocycles. The Labute approximate surface area is 122 Å². The zero-order valence-corrected chi connectivity index (χ0v) is 13.0. The molecule has 4 nitrogen and oxygen atoms in total. The normalized spacial score (nSPS) is 11.2. The molecule has 19 heavy (non-hydrogen) atoms. The van der Waals surface area contributed by atoms with E-state index in [1.807, 2.05) is 12.1 Å². The molecule has 5 heteroatoms. The van der Waals surface area contributed by atoms with Crippen LogP contribution in [0.4, 0.5) is 5.82 Å². The van der Waals surface area contributed by atoms with Crippen LogP contribution in [0.25, 0.3) is 10.9 Å². The molecule has 1 aromatic heterocycles. The van der Waals surface area contributed by atoms with Crippen molar-refractivity contribution in [3.8, 4) is 0 Å². The lowest BCUT2D eigenvalue weighted by molar-refractivity contribution is -0.894. The van der Waals surface area contributed by atoms with Crippen LogP contribution < -0.4 is 10.2 Å². The molecule has 0 radical (unpaired) electrons. The number of nitrogens with one attached hydrogen (secondary N) is 2. The summed E-state index contributed by atoms with van der Waals surface area (Å²) in [7, 11) is 0. The Bertz CT molecular complexity index is 540. The van der Waals surface area contributed by atoms with Crippen molar-refractivity contribution in [1.29, 1.82) is 0 Å². The molecule has 2 N–H and O–H groups in total. The van der Waals surface area contributed by atoms with Gasteiger partial charge in [0.1, 0.15) is 12.1 Å². The molecule has 0 aliphatic rings. The number of fused-ring (bicyclic) bond motifs is 1. The van der Waals surface area contributed by atoms with E-state index in [0.717, 1.165) is 47.4 Å². The van der Waals surface area contributed by atoms with Crippen LogP contribution in [0.2, 0.25) is 0 Å². The van der Waals surface area contributed by atoms with Crippen molar-refractivity contribution in [2.45, 2.75) is 13.8 Å². The quantitative estimate of drug-likeness (QED) is 0.850. The molecule has 1 aromatic carbocycles. The highest BCUT2D eigenvalue weighted by atomic mass is 79.9. The van der Waals surface area contributed by atoms with E-state index >= 15 is 0 Å². The number of anilines is 1. The second-order valence-corrected chi connectivity index (χ2v) is 5.43. The molecular weight excluding hydrogens is 304 g/mol. The first-order valence-electron chi connectivity index (χ1n) is 6.72. The van der Waals surface area contributed by atoms with Gasteiger partial charge in [-0.25, -0.2) is 9.97 Å². The van der Waals surface area contributed by atoms with Crippen molar-refractivity contribution in [3.05, 3.63) is 29.0 Å². The lowest BCUT2D eigenvalue weighted by atomic mass is 10.2. The summed E-state index contributed by atoms with van der Waals surface area (Å²) in [5, 5.41) is 4.48. The van der Waals surface area contributed by atoms with Crippen LogP contribution >= 0.6 is 15.9 Å². The smallest absolute Gasteiger partial charge is 0.137 e. The Kier molecular flexibility index (Phi) is 5.10. The first-order valence-corrected chi connectivity index (χ1v) is 7.51. The number of benzene rings is 1. The van der Waals surface area contributed by atoms with Crippen LogP contribution in [0.5, 0.6) is 0 Å². The van der Waals surface area contributed by atoms with E-state index in [-0.39, 0.29) is 0 Å². The average Bonchev–Trinajstić information content (AvgIpc) is 2.44. The largest absolute Gasteiger partial charge is 0.364 e. The van der Waals surface area contributed by atoms with Crippen LogP contribution in [0.3, 0.4) is 0 Å². The third kappa shape index (κ3) is 3.64. The van der Waals surface area contributed by atoms with E-state index in [2.05, 4.69) is 51.1 Å². The molecule has 0 amide bonds. The fraction of sp³-hybridized carbons (Fsp3) is 0.429. The van der Waals surface area contributed by atoms with E-state index in [1.165, 1.54) is 0 Å². The molecule has 0 fully saturated rings. The predicted molar refractivity (Wildman–Crippen MR) is 82.6 cm³/mol. The van der Waals surface area contributed by atoms with E-state index in [0.29, 0.717) is 0 Å². The van der Waals surface area contributed by atoms with E-state index in [1.54, 1.807) is 11.2 Å². The highest BCUT2D eigenvalue weighted by Gasteiger charge is 2.06. The van der Waals surface area contributed by atoms with Crippen molar-refractivity contribution < 1.29 is 4.90 Å². The van der Waals surface area contributed by atoms with Gasteiger partial charge in [0.15, 0.2) is 0 Å². The van der Waals surface area contributed by atoms with Gasteiger partial charge in [0.25, 0.3) is 0 Å². The number of likely N-dealkylation sites (N-methyl/N-ethyl adjacent to an activating group) is 1. The number of hydrogen-bond acceptors (Lipinski definition) is 3. The standard InChI is InChI=1S/C14H19BrN4/c1-3-19(4-2)8-7-16-14-12-9-11(15)5-6-13(12)17-10-18-14/h5-6,9-10H,3-4,7-8H2,1-2H3,(H,16,17,18)/p+1. The summed E-state index contributed by atoms with van der Waals surface area (Å²) < 4.78 is 1.05. The summed E-state index contributed by atoms with van der Waals surface area (Å²) in [6.07, 6.45) is 1.61. The highest BCUT2D eigenvalue weighted by molar-refractivity contribution is 9.10. The molecule has 2 aromatic rings. The van der Waals surface area contributed by atoms with Gasteiger partial charge in [-0.2, -0.15) is 0 Å². The third-order valence-corrected chi connectivity index (χ3v) is 3.86. The van der Waals surface area contributed by atoms with E-state index < -0.39 is 0 Å². The van der Waals surface area contributed by atoms with Gasteiger partial charge in [0.2, 0.25) is 0 Å². The molecule has 2 rings (SSSR count). The Morgan fingerprint density at radius 2 is 2.00 bits per heavy atom. The Hall–Kier alpha value is -1.20. The maximum atomic E-state index is 4.34. The summed E-state index contributed by atoms with van der Waals surface area (Å²) in [6, 6.07) is 6.06. The molecule has 1 heterocycles. The SMILES string of the molecule is CC[NH+](CC)CCNc1ncnc2ccc(Br)cc12. The van der Waals surface area contributed by atoms with Crippen LogP contribution in [-0.2, 0) is 0 Å². The Morgan fingerprint density at radius 3 is 2.74 bits per heavy atom. The number of rotatable bonds is 6. The van der Waals surface area contributed by atoms with Gasteiger partial charge in [-0.05, 0) is 32.0 Å². The summed E-state index contributed by atoms with van der Waals surface area (Å²) in [5.74, 6) is 0.915. The number of quaternary nitrogens is 1. The van der Waals surface area contributed by atoms with Crippen LogP contribution in [-0.4, -0.2) is 36.1 Å². The summed E-state index contributed by atoms with van der Waals surface area (Å²) in [6.45, 7) is 8.79. The summed E-state index contributed by atoms with van der Waals surface area (Å²) >= 11 is 3.49. The summed E-state index contributed by atoms with van der Waals surface area (Å²) in [5.41, 5.74) is 0.968. The van der Waals surface area contributed by atoms with Crippen molar-refractivity contribution in [2.75, 3.05) is 31.5 Å². The highest BCUT2D eigenvalue weighted by Crippen LogP contribution is 2.22. The molecule has 0 bridgehead atoms. The monoisotopic (exact) mass is 323 g/mol. The van der Waals surface area contributed by atoms with Crippen LogP contribution in [0.1, 0.15) is 13.8 Å². The second kappa shape index (κ2) is 6.82. The van der Waals surface area contributed by atoms with Gasteiger partial charge in [0.05, 0.1) is 31.7 Å². The van der Waals surface area contributed by atoms with Crippen LogP contribution in [0.15, 0.2) is 29.0 Å². The van der Waals surface area contributed by atoms with Crippen LogP contribution in [0, 0.1) is 0 Å². The van der Waals surface area contributed by atoms with Gasteiger partial charge in [-0.1, -0.05) is 15.9 Å². The maximum Gasteiger partial charge on any atom is 0.137 e. The molecule has 0 spiro atoms. The predicted octanol–water partition coefficient (Wildman–Crippen LogP) is 1.73. The maximum absolute atomic E-state index is 4.34. The van der Waals surface area contributed by atoms with Gasteiger partial charge in [-0.15, -0.1) is 0 Å². The van der Waals surface area contributed by atoms with Gasteiger partial charge >= 0.3 is 0 Å². The minimum absolute atomic E-state index is 0.915. The molecular formula is C14H20BrN4+. The minimum Gasteiger partial charge on any atom is -0.364 e. The fourth-order valence-corrected chi connectivity index (χ4v) is 2.49. The zero-order valence-electron chi connectivity index (χ0n) is 11.4. The van der Waals surface area contributed by atoms with Crippen molar-refractivity contribution in [2.24, 2.45) is 0 Å². The second-order valence-electron chi connectivity index (χ2n) is 4.52. The number of aromatic nitrogens is 2. The van der Waals surface area contributed by atoms with Gasteiger partial charge in [-0.3, -0.25) is 0 Å². The molecule has 102 valence electrons. The molecule has 0 unspecified atom stereocenters. The summed E-state index contributed by atoms with van der Waals surface area (Å²) in [4.78, 5) is 10.2. The Morgan fingerprint density at radius 1 is 1.21 bits per heavy atom. The lowest BCUT2D eigenvalue weighted by Gasteiger charge is -2.16. The zero-order chi connectivity index (χ0) is 13.7. The number of halogens is 1. The molecule has 0 saturated carbocycles. The van der Waals surface area contributed by atoms with E-state index in [9.17, 15) is 0 Å². The molecule has 0 aliphatic carbocycles.